The zero-order valence-corrected chi connectivity index (χ0v) is 15.2. The van der Waals surface area contributed by atoms with E-state index in [9.17, 15) is 0 Å². The van der Waals surface area contributed by atoms with E-state index in [0.29, 0.717) is 0 Å². The lowest BCUT2D eigenvalue weighted by molar-refractivity contribution is 1.15. The fourth-order valence-electron chi connectivity index (χ4n) is 3.57. The first-order valence-electron chi connectivity index (χ1n) is 8.00. The van der Waals surface area contributed by atoms with Crippen molar-refractivity contribution < 1.29 is 0 Å². The van der Waals surface area contributed by atoms with Crippen LogP contribution in [0.4, 0.5) is 0 Å². The summed E-state index contributed by atoms with van der Waals surface area (Å²) in [6.45, 7) is 6.69. The lowest BCUT2D eigenvalue weighted by Gasteiger charge is -2.40. The van der Waals surface area contributed by atoms with Crippen LogP contribution >= 0.6 is 10.0 Å². The second kappa shape index (κ2) is 6.25. The van der Waals surface area contributed by atoms with Crippen LogP contribution in [0, 0.1) is 20.8 Å². The van der Waals surface area contributed by atoms with E-state index in [1.165, 1.54) is 31.4 Å². The maximum atomic E-state index is 2.43. The molecule has 1 heteroatoms. The first kappa shape index (κ1) is 15.9. The van der Waals surface area contributed by atoms with E-state index in [1.807, 2.05) is 0 Å². The van der Waals surface area contributed by atoms with Crippen molar-refractivity contribution in [2.45, 2.75) is 35.5 Å². The monoisotopic (exact) mass is 320 g/mol. The SMILES string of the molecule is Cc1cc(C)c(S(C)(c2ccccc2)c2ccccc2)c(C)c1. The topological polar surface area (TPSA) is 0 Å². The lowest BCUT2D eigenvalue weighted by Crippen LogP contribution is -2.06. The minimum atomic E-state index is -1.25. The number of rotatable bonds is 3. The Balaban J connectivity index is 2.35. The van der Waals surface area contributed by atoms with Gasteiger partial charge >= 0.3 is 0 Å². The van der Waals surface area contributed by atoms with Crippen molar-refractivity contribution in [3.05, 3.63) is 89.5 Å². The van der Waals surface area contributed by atoms with E-state index < -0.39 is 10.0 Å². The molecule has 3 aromatic carbocycles. The van der Waals surface area contributed by atoms with E-state index >= 15 is 0 Å². The average molecular weight is 321 g/mol. The van der Waals surface area contributed by atoms with Crippen LogP contribution in [0.1, 0.15) is 16.7 Å². The molecule has 0 aliphatic carbocycles. The summed E-state index contributed by atoms with van der Waals surface area (Å²) >= 11 is 0. The highest BCUT2D eigenvalue weighted by Gasteiger charge is 2.28. The van der Waals surface area contributed by atoms with E-state index in [-0.39, 0.29) is 0 Å². The molecule has 0 nitrogen and oxygen atoms in total. The van der Waals surface area contributed by atoms with Crippen LogP contribution in [-0.4, -0.2) is 6.26 Å². The molecule has 0 atom stereocenters. The summed E-state index contributed by atoms with van der Waals surface area (Å²) in [6, 6.07) is 26.6. The molecule has 3 rings (SSSR count). The van der Waals surface area contributed by atoms with Crippen molar-refractivity contribution in [3.8, 4) is 0 Å². The summed E-state index contributed by atoms with van der Waals surface area (Å²) in [5.74, 6) is 0. The fourth-order valence-corrected chi connectivity index (χ4v) is 7.12. The molecule has 0 spiro atoms. The van der Waals surface area contributed by atoms with Gasteiger partial charge in [-0.15, -0.1) is 0 Å². The minimum absolute atomic E-state index is 1.25. The first-order valence-corrected chi connectivity index (χ1v) is 10.0. The van der Waals surface area contributed by atoms with Crippen molar-refractivity contribution in [1.82, 2.24) is 0 Å². The molecule has 0 N–H and O–H groups in total. The predicted molar refractivity (Wildman–Crippen MR) is 102 cm³/mol. The van der Waals surface area contributed by atoms with Gasteiger partial charge in [-0.2, -0.15) is 10.0 Å². The Kier molecular flexibility index (Phi) is 4.32. The Morgan fingerprint density at radius 1 is 0.609 bits per heavy atom. The van der Waals surface area contributed by atoms with Crippen molar-refractivity contribution >= 4 is 10.0 Å². The quantitative estimate of drug-likeness (QED) is 0.515. The molecule has 0 fully saturated rings. The van der Waals surface area contributed by atoms with Gasteiger partial charge in [0.2, 0.25) is 0 Å². The maximum absolute atomic E-state index is 2.43. The average Bonchev–Trinajstić information content (AvgIpc) is 2.55. The first-order chi connectivity index (χ1) is 11.0. The molecule has 0 heterocycles. The smallest absolute Gasteiger partial charge is 0.00377 e. The molecule has 0 bridgehead atoms. The molecular weight excluding hydrogens is 296 g/mol. The largest absolute Gasteiger partial charge is 0.163 e. The van der Waals surface area contributed by atoms with E-state index in [2.05, 4.69) is 99.8 Å². The standard InChI is InChI=1S/C22H24S/c1-17-15-18(2)22(19(3)16-17)23(4,20-11-7-5-8-12-20)21-13-9-6-10-14-21/h5-16H,1-4H3. The van der Waals surface area contributed by atoms with Gasteiger partial charge in [-0.05, 0) is 72.2 Å². The number of hydrogen-bond donors (Lipinski definition) is 0. The van der Waals surface area contributed by atoms with Crippen molar-refractivity contribution in [3.63, 3.8) is 0 Å². The number of aryl methyl sites for hydroxylation is 3. The zero-order chi connectivity index (χ0) is 16.4. The Bertz CT molecular complexity index is 741. The molecule has 0 aliphatic rings. The van der Waals surface area contributed by atoms with Gasteiger partial charge in [0.15, 0.2) is 0 Å². The summed E-state index contributed by atoms with van der Waals surface area (Å²) in [4.78, 5) is 4.34. The van der Waals surface area contributed by atoms with Crippen LogP contribution in [0.2, 0.25) is 0 Å². The highest BCUT2D eigenvalue weighted by atomic mass is 32.3. The zero-order valence-electron chi connectivity index (χ0n) is 14.3. The molecule has 0 radical (unpaired) electrons. The van der Waals surface area contributed by atoms with Crippen molar-refractivity contribution in [1.29, 1.82) is 0 Å². The maximum Gasteiger partial charge on any atom is 0.00377 e. The van der Waals surface area contributed by atoms with Crippen LogP contribution < -0.4 is 0 Å². The number of benzene rings is 3. The minimum Gasteiger partial charge on any atom is -0.163 e. The van der Waals surface area contributed by atoms with Gasteiger partial charge in [-0.3, -0.25) is 0 Å². The van der Waals surface area contributed by atoms with Gasteiger partial charge < -0.3 is 0 Å². The summed E-state index contributed by atoms with van der Waals surface area (Å²) in [7, 11) is -1.25. The molecule has 0 saturated carbocycles. The van der Waals surface area contributed by atoms with Crippen LogP contribution in [-0.2, 0) is 0 Å². The van der Waals surface area contributed by atoms with Gasteiger partial charge in [-0.25, -0.2) is 0 Å². The van der Waals surface area contributed by atoms with Crippen LogP contribution in [0.5, 0.6) is 0 Å². The van der Waals surface area contributed by atoms with Crippen LogP contribution in [0.3, 0.4) is 0 Å². The highest BCUT2D eigenvalue weighted by molar-refractivity contribution is 8.33. The summed E-state index contributed by atoms with van der Waals surface area (Å²) in [5.41, 5.74) is 4.13. The Hall–Kier alpha value is -1.99. The highest BCUT2D eigenvalue weighted by Crippen LogP contribution is 2.67. The third-order valence-electron chi connectivity index (χ3n) is 4.44. The summed E-state index contributed by atoms with van der Waals surface area (Å²) < 4.78 is 0. The van der Waals surface area contributed by atoms with Gasteiger partial charge in [0, 0.05) is 4.90 Å². The van der Waals surface area contributed by atoms with Crippen LogP contribution in [0.25, 0.3) is 0 Å². The molecule has 118 valence electrons. The molecule has 0 saturated heterocycles. The lowest BCUT2D eigenvalue weighted by atomic mass is 10.1. The van der Waals surface area contributed by atoms with Gasteiger partial charge in [0.1, 0.15) is 0 Å². The Morgan fingerprint density at radius 3 is 1.39 bits per heavy atom. The van der Waals surface area contributed by atoms with E-state index in [1.54, 1.807) is 0 Å². The van der Waals surface area contributed by atoms with Gasteiger partial charge in [0.05, 0.1) is 0 Å². The molecule has 23 heavy (non-hydrogen) atoms. The van der Waals surface area contributed by atoms with Gasteiger partial charge in [-0.1, -0.05) is 54.1 Å². The predicted octanol–water partition coefficient (Wildman–Crippen LogP) is 6.52. The molecule has 0 aromatic heterocycles. The summed E-state index contributed by atoms with van der Waals surface area (Å²) in [5, 5.41) is 0. The Morgan fingerprint density at radius 2 is 1.00 bits per heavy atom. The molecule has 3 aromatic rings. The second-order valence-corrected chi connectivity index (χ2v) is 9.46. The van der Waals surface area contributed by atoms with Crippen LogP contribution in [0.15, 0.2) is 87.5 Å². The molecule has 0 unspecified atom stereocenters. The van der Waals surface area contributed by atoms with E-state index in [0.717, 1.165) is 0 Å². The fraction of sp³-hybridized carbons (Fsp3) is 0.182. The normalized spacial score (nSPS) is 12.2. The van der Waals surface area contributed by atoms with Gasteiger partial charge in [0.25, 0.3) is 0 Å². The second-order valence-electron chi connectivity index (χ2n) is 6.27. The summed E-state index contributed by atoms with van der Waals surface area (Å²) in [6.07, 6.45) is 2.43. The molecular formula is C22H24S. The Labute approximate surface area is 141 Å². The molecule has 0 amide bonds. The third-order valence-corrected chi connectivity index (χ3v) is 8.33. The molecule has 0 aliphatic heterocycles. The van der Waals surface area contributed by atoms with Crippen molar-refractivity contribution in [2.24, 2.45) is 0 Å². The van der Waals surface area contributed by atoms with E-state index in [4.69, 9.17) is 0 Å². The third kappa shape index (κ3) is 2.82. The number of hydrogen-bond acceptors (Lipinski definition) is 0. The van der Waals surface area contributed by atoms with Crippen molar-refractivity contribution in [2.75, 3.05) is 6.26 Å².